The fourth-order valence-corrected chi connectivity index (χ4v) is 5.69. The zero-order chi connectivity index (χ0) is 31.4. The lowest BCUT2D eigenvalue weighted by atomic mass is 9.83. The second-order valence-electron chi connectivity index (χ2n) is 11.1. The number of imide groups is 1. The summed E-state index contributed by atoms with van der Waals surface area (Å²) in [5, 5.41) is 9.03. The first-order chi connectivity index (χ1) is 20.4. The van der Waals surface area contributed by atoms with Crippen LogP contribution in [0.15, 0.2) is 36.4 Å². The first kappa shape index (κ1) is 31.8. The molecule has 2 aromatic carbocycles. The van der Waals surface area contributed by atoms with E-state index in [9.17, 15) is 27.6 Å². The fourth-order valence-electron chi connectivity index (χ4n) is 5.69. The number of carbonyl (C=O) groups excluding carboxylic acids is 3. The van der Waals surface area contributed by atoms with Crippen molar-refractivity contribution in [2.24, 2.45) is 5.41 Å². The van der Waals surface area contributed by atoms with Gasteiger partial charge >= 0.3 is 6.18 Å². The Hall–Kier alpha value is -4.11. The first-order valence-corrected chi connectivity index (χ1v) is 14.1. The van der Waals surface area contributed by atoms with Crippen molar-refractivity contribution in [3.8, 4) is 17.6 Å². The van der Waals surface area contributed by atoms with E-state index in [0.29, 0.717) is 49.1 Å². The number of unbranched alkanes of at least 4 members (excludes halogenated alkanes) is 2. The van der Waals surface area contributed by atoms with Crippen LogP contribution in [-0.4, -0.2) is 74.5 Å². The summed E-state index contributed by atoms with van der Waals surface area (Å²) in [4.78, 5) is 43.9. The number of rotatable bonds is 10. The van der Waals surface area contributed by atoms with Crippen LogP contribution >= 0.6 is 0 Å². The van der Waals surface area contributed by atoms with Crippen molar-refractivity contribution in [1.82, 2.24) is 9.80 Å². The lowest BCUT2D eigenvalue weighted by Crippen LogP contribution is -2.48. The van der Waals surface area contributed by atoms with Crippen LogP contribution in [0.4, 0.5) is 18.9 Å². The van der Waals surface area contributed by atoms with E-state index in [2.05, 4.69) is 4.90 Å². The van der Waals surface area contributed by atoms with Crippen LogP contribution in [-0.2, 0) is 15.8 Å². The molecular weight excluding hydrogens is 565 g/mol. The Labute approximate surface area is 248 Å². The number of amides is 3. The minimum absolute atomic E-state index is 0.0608. The van der Waals surface area contributed by atoms with Crippen molar-refractivity contribution in [3.05, 3.63) is 53.1 Å². The molecule has 2 aliphatic heterocycles. The molecule has 0 spiro atoms. The van der Waals surface area contributed by atoms with Gasteiger partial charge in [-0.15, -0.1) is 0 Å². The van der Waals surface area contributed by atoms with Gasteiger partial charge in [0.25, 0.3) is 5.91 Å². The molecule has 0 radical (unpaired) electrons. The summed E-state index contributed by atoms with van der Waals surface area (Å²) >= 11 is 0. The van der Waals surface area contributed by atoms with E-state index in [1.54, 1.807) is 32.2 Å². The number of methoxy groups -OCH3 is 2. The Bertz CT molecular complexity index is 1420. The predicted molar refractivity (Wildman–Crippen MR) is 152 cm³/mol. The number of nitrogens with zero attached hydrogens (tertiary/aromatic N) is 4. The molecule has 9 nitrogen and oxygen atoms in total. The molecule has 1 unspecified atom stereocenters. The number of benzene rings is 2. The molecule has 4 rings (SSSR count). The Morgan fingerprint density at radius 1 is 0.977 bits per heavy atom. The summed E-state index contributed by atoms with van der Waals surface area (Å²) in [6.45, 7) is 5.19. The van der Waals surface area contributed by atoms with Crippen LogP contribution in [0.1, 0.15) is 60.5 Å². The molecule has 43 heavy (non-hydrogen) atoms. The van der Waals surface area contributed by atoms with Gasteiger partial charge in [-0.25, -0.2) is 0 Å². The van der Waals surface area contributed by atoms with Crippen molar-refractivity contribution in [3.63, 3.8) is 0 Å². The standard InChI is InChI=1S/C31H35F3N4O5/c1-30(19-27(39)38(29(30)41)23-9-7-22(20-35)24(18-23)31(32,33)34)11-5-4-6-12-36-13-15-37(16-14-36)28(40)21-8-10-25(42-2)26(17-21)43-3/h7-10,17-18H,4-6,11-16,19H2,1-3H3. The number of carbonyl (C=O) groups is 3. The summed E-state index contributed by atoms with van der Waals surface area (Å²) in [5.41, 5.74) is -2.37. The average molecular weight is 601 g/mol. The Kier molecular flexibility index (Phi) is 9.65. The fraction of sp³-hybridized carbons (Fsp3) is 0.484. The number of anilines is 1. The van der Waals surface area contributed by atoms with E-state index in [4.69, 9.17) is 14.7 Å². The van der Waals surface area contributed by atoms with Gasteiger partial charge in [-0.3, -0.25) is 24.2 Å². The van der Waals surface area contributed by atoms with E-state index in [-0.39, 0.29) is 18.0 Å². The summed E-state index contributed by atoms with van der Waals surface area (Å²) in [7, 11) is 3.07. The minimum Gasteiger partial charge on any atom is -0.493 e. The van der Waals surface area contributed by atoms with Gasteiger partial charge in [0.05, 0.1) is 42.5 Å². The molecule has 2 fully saturated rings. The van der Waals surface area contributed by atoms with Crippen LogP contribution in [0.2, 0.25) is 0 Å². The Balaban J connectivity index is 1.23. The molecule has 2 heterocycles. The number of hydrogen-bond donors (Lipinski definition) is 0. The van der Waals surface area contributed by atoms with Crippen LogP contribution in [0, 0.1) is 16.7 Å². The maximum absolute atomic E-state index is 13.4. The number of halogens is 3. The molecule has 2 saturated heterocycles. The van der Waals surface area contributed by atoms with Crippen LogP contribution < -0.4 is 14.4 Å². The zero-order valence-corrected chi connectivity index (χ0v) is 24.5. The van der Waals surface area contributed by atoms with Gasteiger partial charge in [-0.1, -0.05) is 19.8 Å². The van der Waals surface area contributed by atoms with Crippen LogP contribution in [0.5, 0.6) is 11.5 Å². The van der Waals surface area contributed by atoms with Crippen LogP contribution in [0.25, 0.3) is 0 Å². The molecule has 0 bridgehead atoms. The molecule has 0 aliphatic carbocycles. The molecule has 0 N–H and O–H groups in total. The highest BCUT2D eigenvalue weighted by atomic mass is 19.4. The highest BCUT2D eigenvalue weighted by Gasteiger charge is 2.48. The van der Waals surface area contributed by atoms with E-state index in [1.807, 2.05) is 4.90 Å². The summed E-state index contributed by atoms with van der Waals surface area (Å²) in [6.07, 6.45) is -2.06. The van der Waals surface area contributed by atoms with Gasteiger partial charge < -0.3 is 14.4 Å². The molecule has 12 heteroatoms. The van der Waals surface area contributed by atoms with Gasteiger partial charge in [0.15, 0.2) is 11.5 Å². The Morgan fingerprint density at radius 3 is 2.30 bits per heavy atom. The van der Waals surface area contributed by atoms with Crippen molar-refractivity contribution in [2.45, 2.75) is 45.2 Å². The van der Waals surface area contributed by atoms with E-state index < -0.39 is 34.5 Å². The zero-order valence-electron chi connectivity index (χ0n) is 24.5. The van der Waals surface area contributed by atoms with E-state index >= 15 is 0 Å². The number of nitriles is 1. The first-order valence-electron chi connectivity index (χ1n) is 14.1. The SMILES string of the molecule is COc1ccc(C(=O)N2CCN(CCCCCC3(C)CC(=O)N(c4ccc(C#N)c(C(F)(F)F)c4)C3=O)CC2)cc1OC. The van der Waals surface area contributed by atoms with Crippen molar-refractivity contribution in [1.29, 1.82) is 5.26 Å². The molecule has 2 aliphatic rings. The highest BCUT2D eigenvalue weighted by molar-refractivity contribution is 6.22. The topological polar surface area (TPSA) is 103 Å². The lowest BCUT2D eigenvalue weighted by molar-refractivity contribution is -0.138. The van der Waals surface area contributed by atoms with Gasteiger partial charge in [0.1, 0.15) is 0 Å². The van der Waals surface area contributed by atoms with E-state index in [1.165, 1.54) is 19.2 Å². The smallest absolute Gasteiger partial charge is 0.417 e. The largest absolute Gasteiger partial charge is 0.493 e. The highest BCUT2D eigenvalue weighted by Crippen LogP contribution is 2.41. The third-order valence-electron chi connectivity index (χ3n) is 8.19. The third kappa shape index (κ3) is 6.94. The second kappa shape index (κ2) is 13.0. The number of piperazine rings is 1. The normalized spacial score (nSPS) is 19.5. The molecule has 3 amide bonds. The number of hydrogen-bond acceptors (Lipinski definition) is 7. The Morgan fingerprint density at radius 2 is 1.67 bits per heavy atom. The quantitative estimate of drug-likeness (QED) is 0.283. The van der Waals surface area contributed by atoms with Crippen molar-refractivity contribution >= 4 is 23.4 Å². The van der Waals surface area contributed by atoms with Gasteiger partial charge in [-0.2, -0.15) is 18.4 Å². The third-order valence-corrected chi connectivity index (χ3v) is 8.19. The monoisotopic (exact) mass is 600 g/mol. The average Bonchev–Trinajstić information content (AvgIpc) is 3.22. The molecule has 2 aromatic rings. The van der Waals surface area contributed by atoms with Crippen LogP contribution in [0.3, 0.4) is 0 Å². The molecule has 230 valence electrons. The minimum atomic E-state index is -4.79. The molecule has 0 aromatic heterocycles. The van der Waals surface area contributed by atoms with Crippen molar-refractivity contribution < 1.29 is 37.0 Å². The summed E-state index contributed by atoms with van der Waals surface area (Å²) in [6, 6.07) is 9.51. The summed E-state index contributed by atoms with van der Waals surface area (Å²) < 4.78 is 50.8. The molecular formula is C31H35F3N4O5. The van der Waals surface area contributed by atoms with Gasteiger partial charge in [-0.05, 0) is 55.8 Å². The van der Waals surface area contributed by atoms with Crippen molar-refractivity contribution in [2.75, 3.05) is 51.8 Å². The lowest BCUT2D eigenvalue weighted by Gasteiger charge is -2.35. The summed E-state index contributed by atoms with van der Waals surface area (Å²) in [5.74, 6) is -0.0716. The maximum atomic E-state index is 13.4. The van der Waals surface area contributed by atoms with Gasteiger partial charge in [0, 0.05) is 38.2 Å². The molecule has 1 atom stereocenters. The molecule has 0 saturated carbocycles. The maximum Gasteiger partial charge on any atom is 0.417 e. The second-order valence-corrected chi connectivity index (χ2v) is 11.1. The number of ether oxygens (including phenoxy) is 2. The number of alkyl halides is 3. The predicted octanol–water partition coefficient (Wildman–Crippen LogP) is 4.88. The van der Waals surface area contributed by atoms with Gasteiger partial charge in [0.2, 0.25) is 11.8 Å². The van der Waals surface area contributed by atoms with E-state index in [0.717, 1.165) is 43.4 Å².